The number of hydrogen-bond acceptors (Lipinski definition) is 19. The number of nitrogens with two attached hydrogens (primary N) is 1. The minimum absolute atomic E-state index is 0.00590. The highest BCUT2D eigenvalue weighted by atomic mass is 35.5. The van der Waals surface area contributed by atoms with Crippen molar-refractivity contribution in [2.75, 3.05) is 72.8 Å². The lowest BCUT2D eigenvalue weighted by Crippen LogP contribution is -2.58. The van der Waals surface area contributed by atoms with Gasteiger partial charge in [0, 0.05) is 111 Å². The third-order valence-corrected chi connectivity index (χ3v) is 25.7. The highest BCUT2D eigenvalue weighted by Crippen LogP contribution is 2.48. The van der Waals surface area contributed by atoms with Crippen molar-refractivity contribution in [3.05, 3.63) is 269 Å². The van der Waals surface area contributed by atoms with Crippen LogP contribution in [0.15, 0.2) is 107 Å². The molecular weight excluding hydrogens is 1930 g/mol. The Morgan fingerprint density at radius 3 is 0.950 bits per heavy atom. The average Bonchev–Trinajstić information content (AvgIpc) is 0.726. The molecule has 42 heteroatoms. The Bertz CT molecular complexity index is 7190. The van der Waals surface area contributed by atoms with E-state index in [-0.39, 0.29) is 158 Å². The van der Waals surface area contributed by atoms with Crippen molar-refractivity contribution in [1.29, 1.82) is 15.8 Å². The number of hydrogen-bond donors (Lipinski definition) is 1. The fourth-order valence-electron chi connectivity index (χ4n) is 18.0. The molecule has 25 nitrogen and oxygen atoms in total. The number of rotatable bonds is 15. The molecule has 12 aromatic rings. The van der Waals surface area contributed by atoms with E-state index in [1.165, 1.54) is 53.4 Å². The van der Waals surface area contributed by atoms with Gasteiger partial charge < -0.3 is 35.1 Å². The molecule has 3 saturated heterocycles. The highest BCUT2D eigenvalue weighted by Gasteiger charge is 2.42. The second kappa shape index (κ2) is 40.3. The monoisotopic (exact) mass is 2010 g/mol. The maximum Gasteiger partial charge on any atom is 0.276 e. The van der Waals surface area contributed by atoms with Crippen LogP contribution in [0.25, 0.3) is 83.9 Å². The molecule has 0 spiro atoms. The molecule has 0 aliphatic carbocycles. The maximum absolute atomic E-state index is 15.5. The number of nitrogen functional groups attached to an aromatic ring is 1. The summed E-state index contributed by atoms with van der Waals surface area (Å²) in [6.07, 6.45) is 8.26. The number of carbonyl (C=O) groups excluding carboxylic acids is 3. The number of halogens is 17. The fourth-order valence-corrected chi connectivity index (χ4v) is 19.1. The van der Waals surface area contributed by atoms with Crippen LogP contribution in [0, 0.1) is 125 Å². The van der Waals surface area contributed by atoms with Crippen LogP contribution in [-0.4, -0.2) is 153 Å². The molecule has 3 fully saturated rings. The molecule has 0 radical (unpaired) electrons. The van der Waals surface area contributed by atoms with Crippen LogP contribution in [0.3, 0.4) is 0 Å². The highest BCUT2D eigenvalue weighted by molar-refractivity contribution is 6.39. The summed E-state index contributed by atoms with van der Waals surface area (Å²) in [5, 5.41) is 29.0. The third-order valence-electron chi connectivity index (χ3n) is 24.2. The van der Waals surface area contributed by atoms with E-state index in [4.69, 9.17) is 63.7 Å². The number of piperazine rings is 3. The average molecular weight is 2020 g/mol. The van der Waals surface area contributed by atoms with Gasteiger partial charge in [0.1, 0.15) is 61.9 Å². The quantitative estimate of drug-likeness (QED) is 0.0328. The molecular formula is C97H82Cl5F12N19O6. The molecule has 720 valence electrons. The zero-order valence-corrected chi connectivity index (χ0v) is 80.0. The minimum atomic E-state index is -2.36. The number of fused-ring (bicyclic) bond motifs is 3. The van der Waals surface area contributed by atoms with Crippen LogP contribution in [0.1, 0.15) is 137 Å². The molecule has 0 bridgehead atoms. The second-order valence-electron chi connectivity index (χ2n) is 34.1. The van der Waals surface area contributed by atoms with E-state index >= 15 is 22.0 Å². The van der Waals surface area contributed by atoms with Gasteiger partial charge in [0.05, 0.1) is 106 Å². The molecule has 4 atom stereocenters. The predicted octanol–water partition coefficient (Wildman–Crippen LogP) is 19.8. The molecule has 0 unspecified atom stereocenters. The number of pyridine rings is 9. The largest absolute Gasteiger partial charge is 0.397 e. The van der Waals surface area contributed by atoms with Gasteiger partial charge in [-0.2, -0.15) is 15.8 Å². The first-order valence-electron chi connectivity index (χ1n) is 42.8. The summed E-state index contributed by atoms with van der Waals surface area (Å²) in [6.45, 7) is 35.7. The molecule has 3 amide bonds. The van der Waals surface area contributed by atoms with Gasteiger partial charge in [-0.15, -0.1) is 0 Å². The lowest BCUT2D eigenvalue weighted by molar-refractivity contribution is -0.131. The lowest BCUT2D eigenvalue weighted by atomic mass is 10.0. The van der Waals surface area contributed by atoms with E-state index in [1.54, 1.807) is 102 Å². The Balaban J connectivity index is 0.000000176. The van der Waals surface area contributed by atoms with Crippen molar-refractivity contribution in [2.45, 2.75) is 132 Å². The number of anilines is 4. The van der Waals surface area contributed by atoms with Crippen LogP contribution >= 0.6 is 58.0 Å². The normalized spacial score (nSPS) is 15.6. The van der Waals surface area contributed by atoms with E-state index in [0.29, 0.717) is 57.9 Å². The zero-order chi connectivity index (χ0) is 102. The molecule has 2 N–H and O–H groups in total. The zero-order valence-electron chi connectivity index (χ0n) is 76.2. The molecule has 12 heterocycles. The van der Waals surface area contributed by atoms with Crippen LogP contribution in [0.5, 0.6) is 0 Å². The Morgan fingerprint density at radius 2 is 0.676 bits per heavy atom. The van der Waals surface area contributed by atoms with Crippen molar-refractivity contribution in [3.63, 3.8) is 0 Å². The van der Waals surface area contributed by atoms with Crippen molar-refractivity contribution in [3.8, 4) is 69.0 Å². The summed E-state index contributed by atoms with van der Waals surface area (Å²) in [5.74, 6) is -26.2. The first-order valence-corrected chi connectivity index (χ1v) is 44.7. The van der Waals surface area contributed by atoms with Gasteiger partial charge in [0.25, 0.3) is 16.7 Å². The Labute approximate surface area is 811 Å². The number of carbonyl (C=O) groups is 3. The number of aromatic nitrogens is 9. The van der Waals surface area contributed by atoms with Gasteiger partial charge >= 0.3 is 0 Å². The summed E-state index contributed by atoms with van der Waals surface area (Å²) in [7, 11) is 0. The number of aryl methyl sites for hydroxylation is 3. The fraction of sp³-hybridized carbons (Fsp3) is 0.289. The third kappa shape index (κ3) is 17.8. The van der Waals surface area contributed by atoms with Crippen molar-refractivity contribution >= 4 is 132 Å². The van der Waals surface area contributed by atoms with E-state index in [0.717, 1.165) is 9.13 Å². The number of amides is 3. The topological polar surface area (TPSA) is 311 Å². The molecule has 3 aliphatic heterocycles. The molecule has 9 aromatic heterocycles. The van der Waals surface area contributed by atoms with Gasteiger partial charge in [-0.05, 0) is 138 Å². The minimum Gasteiger partial charge on any atom is -0.397 e. The summed E-state index contributed by atoms with van der Waals surface area (Å²) < 4.78 is 179. The predicted molar refractivity (Wildman–Crippen MR) is 507 cm³/mol. The molecule has 3 aromatic carbocycles. The van der Waals surface area contributed by atoms with E-state index in [1.807, 2.05) is 53.7 Å². The smallest absolute Gasteiger partial charge is 0.276 e. The van der Waals surface area contributed by atoms with Gasteiger partial charge in [0.2, 0.25) is 29.4 Å². The molecule has 3 aliphatic rings. The summed E-state index contributed by atoms with van der Waals surface area (Å²) in [6, 6.07) is 13.1. The standard InChI is InChI=1S/2C33H28ClF5N6O2.C31H26Cl3F2N7O2/c2*1-7-21(46)44-16(5)12-43(13-17(44)6)31-18-10-20(34)29(22-23(35)25(37)27(39)26(38)24(22)36)42-32(18)45(33(47)19(31)11-40)30-15(4)8-9-41-28(30)14(2)3;1-5-19(44)41-8-10-42(11-9-41)29-16-12-18(32)27(20-23(35)21(33)24(36)22(34)25(20)38)40-30(16)43(31(45)17(29)13-37)28-15(4)6-7-39-26(28)14(2)3/h2*7-10,14,16-17H,1,12-13H2,2-6H3;5-7,12,14H,1,8-11,38H2,2-4H3/t2*16-,17+;. The second-order valence-corrected chi connectivity index (χ2v) is 36.1. The van der Waals surface area contributed by atoms with E-state index < -0.39 is 165 Å². The van der Waals surface area contributed by atoms with Crippen LogP contribution < -0.4 is 37.1 Å². The maximum atomic E-state index is 15.5. The van der Waals surface area contributed by atoms with Crippen molar-refractivity contribution in [1.82, 2.24) is 58.3 Å². The van der Waals surface area contributed by atoms with Crippen molar-refractivity contribution < 1.29 is 67.1 Å². The molecule has 0 saturated carbocycles. The summed E-state index contributed by atoms with van der Waals surface area (Å²) >= 11 is 31.8. The molecule has 15 rings (SSSR count). The van der Waals surface area contributed by atoms with Crippen LogP contribution in [0.2, 0.25) is 25.1 Å². The Kier molecular flexibility index (Phi) is 29.7. The number of nitriles is 3. The van der Waals surface area contributed by atoms with Crippen LogP contribution in [-0.2, 0) is 14.4 Å². The van der Waals surface area contributed by atoms with Gasteiger partial charge in [0.15, 0.2) is 58.2 Å². The van der Waals surface area contributed by atoms with Gasteiger partial charge in [-0.3, -0.25) is 57.4 Å². The number of nitrogens with zero attached hydrogens (tertiary/aromatic N) is 18. The van der Waals surface area contributed by atoms with E-state index in [2.05, 4.69) is 55.7 Å². The Hall–Kier alpha value is -13.9. The van der Waals surface area contributed by atoms with E-state index in [9.17, 15) is 75.3 Å². The molecule has 139 heavy (non-hydrogen) atoms. The first-order chi connectivity index (χ1) is 65.6. The number of benzene rings is 3. The van der Waals surface area contributed by atoms with Gasteiger partial charge in [-0.25, -0.2) is 67.6 Å². The van der Waals surface area contributed by atoms with Gasteiger partial charge in [-0.1, -0.05) is 119 Å². The summed E-state index contributed by atoms with van der Waals surface area (Å²) in [4.78, 5) is 117. The lowest BCUT2D eigenvalue weighted by Gasteiger charge is -2.45. The summed E-state index contributed by atoms with van der Waals surface area (Å²) in [5.41, 5.74) is 1.02. The van der Waals surface area contributed by atoms with Crippen LogP contribution in [0.4, 0.5) is 75.4 Å². The SMILES string of the molecule is C=CC(=O)N1CCN(c2c(C#N)c(=O)n(-c3c(C)ccnc3C(C)C)c3nc(-c4c(N)c(Cl)c(F)c(Cl)c4F)c(Cl)cc23)CC1.C=CC(=O)N1[C@H](C)CN(c2c(C#N)c(=O)n(-c3c(C)ccnc3C(C)C)c3nc(-c4c(F)c(F)c(F)c(F)c4F)c(Cl)cc23)C[C@@H]1C.C=CC(=O)N1[C@H](C)CN(c2c(C#N)c(=O)n(-c3c(C)ccnc3C(C)C)c3nc(-c4c(F)c(F)c(F)c(F)c4F)c(Cl)cc23)C[C@@H]1C. The Morgan fingerprint density at radius 1 is 0.403 bits per heavy atom. The van der Waals surface area contributed by atoms with Crippen molar-refractivity contribution in [2.24, 2.45) is 0 Å². The first kappa shape index (κ1) is 103.